The molecule has 0 aromatic heterocycles. The molecule has 1 aromatic carbocycles. The van der Waals surface area contributed by atoms with Crippen molar-refractivity contribution in [2.75, 3.05) is 13.2 Å². The van der Waals surface area contributed by atoms with Gasteiger partial charge in [-0.05, 0) is 30.9 Å². The van der Waals surface area contributed by atoms with Crippen molar-refractivity contribution in [1.82, 2.24) is 4.90 Å². The number of aliphatic hydroxyl groups excluding tert-OH is 1. The first-order valence-corrected chi connectivity index (χ1v) is 7.69. The predicted octanol–water partition coefficient (Wildman–Crippen LogP) is 2.86. The van der Waals surface area contributed by atoms with Crippen LogP contribution in [0, 0.1) is 0 Å². The first-order chi connectivity index (χ1) is 10.0. The van der Waals surface area contributed by atoms with Crippen molar-refractivity contribution < 1.29 is 15.0 Å². The molecule has 4 nitrogen and oxygen atoms in total. The number of carboxylic acid groups (broad SMARTS) is 1. The van der Waals surface area contributed by atoms with Gasteiger partial charge < -0.3 is 10.2 Å². The molecule has 0 radical (unpaired) electrons. The van der Waals surface area contributed by atoms with Gasteiger partial charge >= 0.3 is 5.97 Å². The van der Waals surface area contributed by atoms with E-state index < -0.39 is 11.9 Å². The number of hydrogen-bond acceptors (Lipinski definition) is 3. The van der Waals surface area contributed by atoms with E-state index in [0.29, 0.717) is 12.6 Å². The average Bonchev–Trinajstić information content (AvgIpc) is 2.48. The summed E-state index contributed by atoms with van der Waals surface area (Å²) >= 11 is 0. The molecule has 0 heterocycles. The number of rotatable bonds is 9. The van der Waals surface area contributed by atoms with Crippen molar-refractivity contribution in [2.45, 2.75) is 52.1 Å². The molecular formula is C17H27NO3. The Morgan fingerprint density at radius 1 is 1.19 bits per heavy atom. The molecular weight excluding hydrogens is 266 g/mol. The summed E-state index contributed by atoms with van der Waals surface area (Å²) < 4.78 is 0. The van der Waals surface area contributed by atoms with Crippen LogP contribution in [0.1, 0.15) is 50.7 Å². The van der Waals surface area contributed by atoms with Crippen LogP contribution in [0.4, 0.5) is 0 Å². The summed E-state index contributed by atoms with van der Waals surface area (Å²) in [4.78, 5) is 13.3. The van der Waals surface area contributed by atoms with Crippen molar-refractivity contribution in [3.63, 3.8) is 0 Å². The molecule has 118 valence electrons. The number of aliphatic hydroxyl groups is 1. The van der Waals surface area contributed by atoms with Crippen LogP contribution in [-0.2, 0) is 11.3 Å². The number of nitrogens with zero attached hydrogens (tertiary/aromatic N) is 1. The molecule has 1 unspecified atom stereocenters. The molecule has 0 bridgehead atoms. The van der Waals surface area contributed by atoms with Gasteiger partial charge in [-0.15, -0.1) is 0 Å². The standard InChI is InChI=1S/C17H27NO3/c1-4-16(5-2)18(10-11-19)12-14-6-8-15(9-7-14)13(3)17(20)21/h6-9,13,16,19H,4-5,10-12H2,1-3H3,(H,20,21). The lowest BCUT2D eigenvalue weighted by atomic mass is 9.99. The van der Waals surface area contributed by atoms with Gasteiger partial charge in [0.15, 0.2) is 0 Å². The fourth-order valence-corrected chi connectivity index (χ4v) is 2.61. The summed E-state index contributed by atoms with van der Waals surface area (Å²) in [6.45, 7) is 7.63. The summed E-state index contributed by atoms with van der Waals surface area (Å²) in [5, 5.41) is 18.2. The minimum atomic E-state index is -0.804. The summed E-state index contributed by atoms with van der Waals surface area (Å²) in [6, 6.07) is 8.22. The maximum atomic E-state index is 11.0. The van der Waals surface area contributed by atoms with Gasteiger partial charge in [-0.3, -0.25) is 9.69 Å². The predicted molar refractivity (Wildman–Crippen MR) is 84.4 cm³/mol. The van der Waals surface area contributed by atoms with Crippen LogP contribution in [0.2, 0.25) is 0 Å². The third-order valence-corrected chi connectivity index (χ3v) is 4.08. The Bertz CT molecular complexity index is 426. The molecule has 0 aliphatic heterocycles. The lowest BCUT2D eigenvalue weighted by Gasteiger charge is -2.30. The highest BCUT2D eigenvalue weighted by Gasteiger charge is 2.16. The first kappa shape index (κ1) is 17.7. The van der Waals surface area contributed by atoms with Crippen LogP contribution in [-0.4, -0.2) is 40.3 Å². The van der Waals surface area contributed by atoms with E-state index in [0.717, 1.165) is 30.5 Å². The lowest BCUT2D eigenvalue weighted by Crippen LogP contribution is -2.36. The maximum absolute atomic E-state index is 11.0. The molecule has 0 aliphatic carbocycles. The van der Waals surface area contributed by atoms with E-state index in [2.05, 4.69) is 18.7 Å². The van der Waals surface area contributed by atoms with Crippen LogP contribution >= 0.6 is 0 Å². The van der Waals surface area contributed by atoms with Gasteiger partial charge in [0.2, 0.25) is 0 Å². The number of carbonyl (C=O) groups is 1. The summed E-state index contributed by atoms with van der Waals surface area (Å²) in [5.41, 5.74) is 1.97. The molecule has 4 heteroatoms. The van der Waals surface area contributed by atoms with Gasteiger partial charge in [0, 0.05) is 19.1 Å². The van der Waals surface area contributed by atoms with E-state index in [9.17, 15) is 9.90 Å². The van der Waals surface area contributed by atoms with E-state index in [4.69, 9.17) is 5.11 Å². The molecule has 0 saturated carbocycles. The van der Waals surface area contributed by atoms with Crippen LogP contribution < -0.4 is 0 Å². The lowest BCUT2D eigenvalue weighted by molar-refractivity contribution is -0.138. The van der Waals surface area contributed by atoms with Gasteiger partial charge in [0.1, 0.15) is 0 Å². The Hall–Kier alpha value is -1.39. The Labute approximate surface area is 127 Å². The third kappa shape index (κ3) is 5.14. The molecule has 0 spiro atoms. The normalized spacial score (nSPS) is 12.9. The van der Waals surface area contributed by atoms with Gasteiger partial charge in [-0.1, -0.05) is 38.1 Å². The molecule has 0 fully saturated rings. The largest absolute Gasteiger partial charge is 0.481 e. The first-order valence-electron chi connectivity index (χ1n) is 7.69. The van der Waals surface area contributed by atoms with Crippen molar-refractivity contribution >= 4 is 5.97 Å². The summed E-state index contributed by atoms with van der Waals surface area (Å²) in [5.74, 6) is -1.28. The number of benzene rings is 1. The van der Waals surface area contributed by atoms with Crippen LogP contribution in [0.3, 0.4) is 0 Å². The maximum Gasteiger partial charge on any atom is 0.310 e. The minimum Gasteiger partial charge on any atom is -0.481 e. The second-order valence-electron chi connectivity index (χ2n) is 5.47. The van der Waals surface area contributed by atoms with Crippen molar-refractivity contribution in [3.05, 3.63) is 35.4 Å². The Morgan fingerprint density at radius 3 is 2.19 bits per heavy atom. The number of carboxylic acids is 1. The molecule has 0 aliphatic rings. The highest BCUT2D eigenvalue weighted by atomic mass is 16.4. The van der Waals surface area contributed by atoms with Crippen molar-refractivity contribution in [2.24, 2.45) is 0 Å². The van der Waals surface area contributed by atoms with E-state index in [1.807, 2.05) is 24.3 Å². The number of hydrogen-bond donors (Lipinski definition) is 2. The zero-order valence-electron chi connectivity index (χ0n) is 13.2. The van der Waals surface area contributed by atoms with Crippen LogP contribution in [0.25, 0.3) is 0 Å². The molecule has 0 saturated heterocycles. The minimum absolute atomic E-state index is 0.157. The fourth-order valence-electron chi connectivity index (χ4n) is 2.61. The topological polar surface area (TPSA) is 60.8 Å². The highest BCUT2D eigenvalue weighted by Crippen LogP contribution is 2.18. The van der Waals surface area contributed by atoms with E-state index in [1.54, 1.807) is 6.92 Å². The van der Waals surface area contributed by atoms with Gasteiger partial charge in [0.05, 0.1) is 12.5 Å². The Balaban J connectivity index is 2.78. The molecule has 2 N–H and O–H groups in total. The van der Waals surface area contributed by atoms with Crippen LogP contribution in [0.5, 0.6) is 0 Å². The smallest absolute Gasteiger partial charge is 0.310 e. The van der Waals surface area contributed by atoms with Gasteiger partial charge in [0.25, 0.3) is 0 Å². The third-order valence-electron chi connectivity index (χ3n) is 4.08. The second-order valence-corrected chi connectivity index (χ2v) is 5.47. The molecule has 1 atom stereocenters. The van der Waals surface area contributed by atoms with Gasteiger partial charge in [-0.2, -0.15) is 0 Å². The highest BCUT2D eigenvalue weighted by molar-refractivity contribution is 5.75. The molecule has 1 rings (SSSR count). The fraction of sp³-hybridized carbons (Fsp3) is 0.588. The van der Waals surface area contributed by atoms with Crippen molar-refractivity contribution in [3.8, 4) is 0 Å². The molecule has 0 amide bonds. The van der Waals surface area contributed by atoms with E-state index in [1.165, 1.54) is 0 Å². The summed E-state index contributed by atoms with van der Waals surface area (Å²) in [6.07, 6.45) is 2.12. The summed E-state index contributed by atoms with van der Waals surface area (Å²) in [7, 11) is 0. The Morgan fingerprint density at radius 2 is 1.76 bits per heavy atom. The van der Waals surface area contributed by atoms with E-state index in [-0.39, 0.29) is 6.61 Å². The van der Waals surface area contributed by atoms with Gasteiger partial charge in [-0.25, -0.2) is 0 Å². The van der Waals surface area contributed by atoms with E-state index >= 15 is 0 Å². The zero-order valence-corrected chi connectivity index (χ0v) is 13.2. The average molecular weight is 293 g/mol. The van der Waals surface area contributed by atoms with Crippen molar-refractivity contribution in [1.29, 1.82) is 0 Å². The van der Waals surface area contributed by atoms with Crippen LogP contribution in [0.15, 0.2) is 24.3 Å². The quantitative estimate of drug-likeness (QED) is 0.735. The monoisotopic (exact) mass is 293 g/mol. The SMILES string of the molecule is CCC(CC)N(CCO)Cc1ccc(C(C)C(=O)O)cc1. The molecule has 21 heavy (non-hydrogen) atoms. The molecule has 1 aromatic rings. The second kappa shape index (κ2) is 8.80. The Kier molecular flexibility index (Phi) is 7.40. The zero-order chi connectivity index (χ0) is 15.8. The number of aliphatic carboxylic acids is 1.